The molecule has 2 aromatic rings. The molecule has 0 saturated heterocycles. The van der Waals surface area contributed by atoms with E-state index in [0.29, 0.717) is 0 Å². The molecule has 0 amide bonds. The minimum absolute atomic E-state index is 0.167. The van der Waals surface area contributed by atoms with Crippen LogP contribution in [0.5, 0.6) is 0 Å². The second-order valence-corrected chi connectivity index (χ2v) is 3.66. The summed E-state index contributed by atoms with van der Waals surface area (Å²) in [6.07, 6.45) is 0. The first-order valence-corrected chi connectivity index (χ1v) is 5.61. The smallest absolute Gasteiger partial charge is 0.358 e. The number of H-pyrrole nitrogens is 1. The lowest BCUT2D eigenvalue weighted by molar-refractivity contribution is 0.0591. The van der Waals surface area contributed by atoms with E-state index in [1.54, 1.807) is 19.1 Å². The molecule has 21 heavy (non-hydrogen) atoms. The van der Waals surface area contributed by atoms with E-state index >= 15 is 0 Å². The highest BCUT2D eigenvalue weighted by molar-refractivity contribution is 5.86. The normalized spacial score (nSPS) is 9.24. The van der Waals surface area contributed by atoms with Crippen LogP contribution in [0.25, 0.3) is 0 Å². The van der Waals surface area contributed by atoms with Crippen LogP contribution in [0.4, 0.5) is 0 Å². The van der Waals surface area contributed by atoms with Gasteiger partial charge in [0, 0.05) is 6.07 Å². The summed E-state index contributed by atoms with van der Waals surface area (Å²) in [5, 5.41) is 20.8. The summed E-state index contributed by atoms with van der Waals surface area (Å²) in [4.78, 5) is 31.3. The number of methoxy groups -OCH3 is 1. The summed E-state index contributed by atoms with van der Waals surface area (Å²) in [6.45, 7) is 1.80. The molecule has 0 bridgehead atoms. The summed E-state index contributed by atoms with van der Waals surface area (Å²) in [5.41, 5.74) is 0.431. The zero-order valence-electron chi connectivity index (χ0n) is 11.2. The summed E-state index contributed by atoms with van der Waals surface area (Å²) >= 11 is 0. The number of rotatable bonds is 2. The number of carbonyl (C=O) groups excluding carboxylic acids is 1. The van der Waals surface area contributed by atoms with E-state index in [1.165, 1.54) is 7.11 Å². The summed E-state index contributed by atoms with van der Waals surface area (Å²) in [5.74, 6) is -1.62. The number of aromatic nitrogens is 4. The minimum Gasteiger partial charge on any atom is -0.476 e. The van der Waals surface area contributed by atoms with Crippen molar-refractivity contribution in [3.8, 4) is 0 Å². The molecule has 0 saturated carbocycles. The number of esters is 1. The highest BCUT2D eigenvalue weighted by atomic mass is 16.5. The first-order valence-electron chi connectivity index (χ1n) is 5.61. The zero-order valence-corrected chi connectivity index (χ0v) is 11.2. The Labute approximate surface area is 118 Å². The number of carboxylic acids is 1. The number of aryl methyl sites for hydroxylation is 1. The third-order valence-electron chi connectivity index (χ3n) is 2.09. The van der Waals surface area contributed by atoms with Crippen LogP contribution in [0.15, 0.2) is 29.1 Å². The average molecular weight is 292 g/mol. The van der Waals surface area contributed by atoms with Gasteiger partial charge in [-0.25, -0.2) is 14.7 Å². The van der Waals surface area contributed by atoms with Crippen LogP contribution in [0.2, 0.25) is 0 Å². The molecule has 2 rings (SSSR count). The maximum atomic E-state index is 10.8. The number of nitrogens with one attached hydrogen (secondary N) is 1. The second kappa shape index (κ2) is 7.48. The number of nitrogens with zero attached hydrogens (tertiary/aromatic N) is 3. The van der Waals surface area contributed by atoms with Gasteiger partial charge in [0.25, 0.3) is 5.56 Å². The number of hydrogen-bond acceptors (Lipinski definition) is 7. The summed E-state index contributed by atoms with van der Waals surface area (Å²) < 4.78 is 4.43. The van der Waals surface area contributed by atoms with Crippen LogP contribution in [0.1, 0.15) is 26.7 Å². The van der Waals surface area contributed by atoms with Gasteiger partial charge in [0.05, 0.1) is 12.8 Å². The number of ether oxygens (including phenoxy) is 1. The number of aromatic amines is 1. The Morgan fingerprint density at radius 2 is 1.81 bits per heavy atom. The molecule has 0 aliphatic rings. The van der Waals surface area contributed by atoms with Gasteiger partial charge in [-0.3, -0.25) is 4.79 Å². The van der Waals surface area contributed by atoms with Crippen LogP contribution >= 0.6 is 0 Å². The molecule has 0 unspecified atom stereocenters. The van der Waals surface area contributed by atoms with Crippen molar-refractivity contribution in [1.82, 2.24) is 20.4 Å². The number of carbonyl (C=O) groups is 2. The highest BCUT2D eigenvalue weighted by Gasteiger charge is 2.05. The van der Waals surface area contributed by atoms with E-state index in [1.807, 2.05) is 5.10 Å². The monoisotopic (exact) mass is 292 g/mol. The molecule has 0 aliphatic carbocycles. The predicted molar refractivity (Wildman–Crippen MR) is 69.9 cm³/mol. The van der Waals surface area contributed by atoms with E-state index in [9.17, 15) is 14.4 Å². The molecule has 0 aliphatic heterocycles. The first kappa shape index (κ1) is 16.0. The molecule has 9 heteroatoms. The van der Waals surface area contributed by atoms with Crippen molar-refractivity contribution in [3.05, 3.63) is 51.7 Å². The van der Waals surface area contributed by atoms with E-state index in [2.05, 4.69) is 20.0 Å². The summed E-state index contributed by atoms with van der Waals surface area (Å²) in [6, 6.07) is 5.53. The number of hydrogen-bond donors (Lipinski definition) is 2. The Bertz CT molecular complexity index is 660. The summed E-state index contributed by atoms with van der Waals surface area (Å²) in [7, 11) is 1.31. The van der Waals surface area contributed by atoms with E-state index in [0.717, 1.165) is 17.8 Å². The topological polar surface area (TPSA) is 135 Å². The molecule has 0 radical (unpaired) electrons. The standard InChI is InChI=1S/C7H8N2O2.C5H4N2O3/c1-5-3-4-6(9-8-5)7(10)11-2;8-4-2-1-3(5(9)10)6-7-4/h3-4H,1-2H3;1-2H,(H,7,8)(H,9,10). The van der Waals surface area contributed by atoms with Crippen LogP contribution in [0, 0.1) is 6.92 Å². The second-order valence-electron chi connectivity index (χ2n) is 3.66. The van der Waals surface area contributed by atoms with Crippen molar-refractivity contribution < 1.29 is 19.4 Å². The average Bonchev–Trinajstić information content (AvgIpc) is 2.48. The minimum atomic E-state index is -1.16. The van der Waals surface area contributed by atoms with Gasteiger partial charge in [-0.1, -0.05) is 0 Å². The Morgan fingerprint density at radius 3 is 2.24 bits per heavy atom. The van der Waals surface area contributed by atoms with Crippen LogP contribution in [-0.4, -0.2) is 44.5 Å². The van der Waals surface area contributed by atoms with Crippen molar-refractivity contribution in [1.29, 1.82) is 0 Å². The molecule has 2 aromatic heterocycles. The fraction of sp³-hybridized carbons (Fsp3) is 0.167. The van der Waals surface area contributed by atoms with Crippen LogP contribution < -0.4 is 5.56 Å². The Kier molecular flexibility index (Phi) is 5.68. The molecule has 0 spiro atoms. The molecule has 0 atom stereocenters. The van der Waals surface area contributed by atoms with Gasteiger partial charge < -0.3 is 9.84 Å². The molecular weight excluding hydrogens is 280 g/mol. The van der Waals surface area contributed by atoms with Gasteiger partial charge in [0.2, 0.25) is 0 Å². The predicted octanol–water partition coefficient (Wildman–Crippen LogP) is 0.0397. The maximum absolute atomic E-state index is 10.8. The van der Waals surface area contributed by atoms with Crippen molar-refractivity contribution in [3.63, 3.8) is 0 Å². The lowest BCUT2D eigenvalue weighted by Gasteiger charge is -1.95. The fourth-order valence-corrected chi connectivity index (χ4v) is 1.08. The molecular formula is C12H12N4O5. The lowest BCUT2D eigenvalue weighted by atomic mass is 10.3. The van der Waals surface area contributed by atoms with Gasteiger partial charge >= 0.3 is 11.9 Å². The van der Waals surface area contributed by atoms with Gasteiger partial charge in [-0.05, 0) is 25.1 Å². The Hall–Kier alpha value is -3.10. The Morgan fingerprint density at radius 1 is 1.14 bits per heavy atom. The fourth-order valence-electron chi connectivity index (χ4n) is 1.08. The van der Waals surface area contributed by atoms with Crippen LogP contribution in [0.3, 0.4) is 0 Å². The van der Waals surface area contributed by atoms with Crippen molar-refractivity contribution in [2.24, 2.45) is 0 Å². The molecule has 110 valence electrons. The van der Waals surface area contributed by atoms with Crippen LogP contribution in [-0.2, 0) is 4.74 Å². The maximum Gasteiger partial charge on any atom is 0.358 e. The van der Waals surface area contributed by atoms with Crippen molar-refractivity contribution in [2.45, 2.75) is 6.92 Å². The van der Waals surface area contributed by atoms with Gasteiger partial charge in [0.1, 0.15) is 0 Å². The van der Waals surface area contributed by atoms with Gasteiger partial charge in [0.15, 0.2) is 11.4 Å². The lowest BCUT2D eigenvalue weighted by Crippen LogP contribution is -2.10. The van der Waals surface area contributed by atoms with E-state index in [4.69, 9.17) is 5.11 Å². The first-order chi connectivity index (χ1) is 9.93. The molecule has 2 heterocycles. The molecule has 2 N–H and O–H groups in total. The third-order valence-corrected chi connectivity index (χ3v) is 2.09. The van der Waals surface area contributed by atoms with Gasteiger partial charge in [-0.2, -0.15) is 10.2 Å². The van der Waals surface area contributed by atoms with Gasteiger partial charge in [-0.15, -0.1) is 5.10 Å². The zero-order chi connectivity index (χ0) is 15.8. The highest BCUT2D eigenvalue weighted by Crippen LogP contribution is 1.95. The van der Waals surface area contributed by atoms with E-state index in [-0.39, 0.29) is 11.4 Å². The quantitative estimate of drug-likeness (QED) is 0.740. The third kappa shape index (κ3) is 5.19. The van der Waals surface area contributed by atoms with Crippen molar-refractivity contribution >= 4 is 11.9 Å². The molecule has 9 nitrogen and oxygen atoms in total. The number of carboxylic acid groups (broad SMARTS) is 1. The molecule has 0 aromatic carbocycles. The largest absolute Gasteiger partial charge is 0.476 e. The van der Waals surface area contributed by atoms with Crippen molar-refractivity contribution in [2.75, 3.05) is 7.11 Å². The molecule has 0 fully saturated rings. The number of aromatic carboxylic acids is 1. The van der Waals surface area contributed by atoms with E-state index < -0.39 is 17.5 Å². The SMILES string of the molecule is COC(=O)c1ccc(C)nn1.O=C(O)c1ccc(=O)[nH]n1. The Balaban J connectivity index is 0.000000211.